The van der Waals surface area contributed by atoms with Crippen molar-refractivity contribution in [3.63, 3.8) is 0 Å². The fourth-order valence-electron chi connectivity index (χ4n) is 2.95. The molecule has 0 radical (unpaired) electrons. The summed E-state index contributed by atoms with van der Waals surface area (Å²) in [6, 6.07) is 0. The maximum Gasteiger partial charge on any atom is 0.295 e. The summed E-state index contributed by atoms with van der Waals surface area (Å²) in [7, 11) is 0. The Hall–Kier alpha value is -3.96. The topological polar surface area (TPSA) is 178 Å². The maximum atomic E-state index is 12.0. The van der Waals surface area contributed by atoms with Gasteiger partial charge in [-0.1, -0.05) is 0 Å². The number of rotatable bonds is 0. The number of fused-ring (bicyclic) bond motifs is 6. The third-order valence-electron chi connectivity index (χ3n) is 3.94. The van der Waals surface area contributed by atoms with Gasteiger partial charge < -0.3 is 15.6 Å². The molecule has 120 valence electrons. The molecule has 0 bridgehead atoms. The fraction of sp³-hybridized carbons (Fsp3) is 0. The molecule has 0 amide bonds. The van der Waals surface area contributed by atoms with Gasteiger partial charge in [-0.25, -0.2) is 0 Å². The van der Waals surface area contributed by atoms with Gasteiger partial charge in [-0.15, -0.1) is 14.2 Å². The molecular weight excluding hydrogens is 330 g/mol. The van der Waals surface area contributed by atoms with E-state index < -0.39 is 79.9 Å². The Kier molecular flexibility index (Phi) is 2.10. The predicted octanol–water partition coefficient (Wildman–Crippen LogP) is -3.26. The van der Waals surface area contributed by atoms with Crippen LogP contribution in [0.25, 0.3) is 32.3 Å². The number of hydrogen-bond donors (Lipinski definition) is 3. The molecule has 0 aliphatic rings. The zero-order chi connectivity index (χ0) is 17.7. The summed E-state index contributed by atoms with van der Waals surface area (Å²) in [5.41, 5.74) is -8.49. The molecule has 0 aliphatic carbocycles. The van der Waals surface area contributed by atoms with Crippen LogP contribution in [0.15, 0.2) is 28.8 Å². The largest absolute Gasteiger partial charge is 0.422 e. The van der Waals surface area contributed by atoms with Crippen molar-refractivity contribution in [3.05, 3.63) is 62.1 Å². The lowest BCUT2D eigenvalue weighted by Gasteiger charge is -1.91. The minimum absolute atomic E-state index is 0.402. The van der Waals surface area contributed by atoms with Crippen molar-refractivity contribution in [1.29, 1.82) is 0 Å². The van der Waals surface area contributed by atoms with Gasteiger partial charge in [0.15, 0.2) is 0 Å². The summed E-state index contributed by atoms with van der Waals surface area (Å²) >= 11 is 0. The minimum Gasteiger partial charge on any atom is -0.422 e. The summed E-state index contributed by atoms with van der Waals surface area (Å²) in [4.78, 5) is 72.1. The SMILES string of the molecule is O=c1c2c3c(=O)n(O)c(=O)c3c3c(=O)n(O)c(=O)c3c2c(=O)n1O. The molecule has 0 atom stereocenters. The van der Waals surface area contributed by atoms with E-state index in [-0.39, 0.29) is 0 Å². The van der Waals surface area contributed by atoms with Gasteiger partial charge in [0.1, 0.15) is 0 Å². The van der Waals surface area contributed by atoms with Crippen LogP contribution in [0.5, 0.6) is 0 Å². The Bertz CT molecular complexity index is 1220. The second-order valence-corrected chi connectivity index (χ2v) is 5.02. The van der Waals surface area contributed by atoms with Gasteiger partial charge in [0.25, 0.3) is 33.4 Å². The van der Waals surface area contributed by atoms with Gasteiger partial charge >= 0.3 is 0 Å². The van der Waals surface area contributed by atoms with Gasteiger partial charge in [-0.2, -0.15) is 0 Å². The van der Waals surface area contributed by atoms with Crippen LogP contribution in [0.4, 0.5) is 0 Å². The number of nitrogens with zero attached hydrogens (tertiary/aromatic N) is 3. The second-order valence-electron chi connectivity index (χ2n) is 5.02. The zero-order valence-electron chi connectivity index (χ0n) is 11.1. The summed E-state index contributed by atoms with van der Waals surface area (Å²) in [5.74, 6) is 0. The molecule has 0 saturated heterocycles. The number of benzene rings is 1. The molecule has 0 saturated carbocycles. The van der Waals surface area contributed by atoms with E-state index in [0.717, 1.165) is 0 Å². The van der Waals surface area contributed by atoms with Crippen LogP contribution >= 0.6 is 0 Å². The maximum absolute atomic E-state index is 12.0. The third kappa shape index (κ3) is 1.13. The lowest BCUT2D eigenvalue weighted by atomic mass is 10.0. The predicted molar refractivity (Wildman–Crippen MR) is 75.7 cm³/mol. The van der Waals surface area contributed by atoms with Gasteiger partial charge in [-0.3, -0.25) is 28.8 Å². The molecule has 0 fully saturated rings. The normalized spacial score (nSPS) is 12.0. The van der Waals surface area contributed by atoms with Gasteiger partial charge in [0, 0.05) is 0 Å². The Morgan fingerprint density at radius 1 is 0.375 bits per heavy atom. The molecule has 3 aromatic heterocycles. The van der Waals surface area contributed by atoms with Crippen LogP contribution in [0.1, 0.15) is 0 Å². The van der Waals surface area contributed by atoms with Crippen LogP contribution < -0.4 is 33.4 Å². The second kappa shape index (κ2) is 3.68. The molecule has 12 heteroatoms. The first-order chi connectivity index (χ1) is 11.2. The molecule has 4 rings (SSSR count). The molecule has 4 aromatic rings. The average molecular weight is 333 g/mol. The molecule has 3 N–H and O–H groups in total. The van der Waals surface area contributed by atoms with Crippen molar-refractivity contribution >= 4 is 32.3 Å². The summed E-state index contributed by atoms with van der Waals surface area (Å²) in [6.07, 6.45) is 0. The van der Waals surface area contributed by atoms with E-state index >= 15 is 0 Å². The molecule has 12 nitrogen and oxygen atoms in total. The fourth-order valence-corrected chi connectivity index (χ4v) is 2.95. The monoisotopic (exact) mass is 333 g/mol. The summed E-state index contributed by atoms with van der Waals surface area (Å²) < 4.78 is -1.21. The van der Waals surface area contributed by atoms with Crippen molar-refractivity contribution in [2.75, 3.05) is 0 Å². The van der Waals surface area contributed by atoms with Crippen molar-refractivity contribution in [1.82, 2.24) is 14.2 Å². The Morgan fingerprint density at radius 3 is 0.625 bits per heavy atom. The van der Waals surface area contributed by atoms with Crippen molar-refractivity contribution < 1.29 is 15.6 Å². The average Bonchev–Trinajstić information content (AvgIpc) is 3.02. The summed E-state index contributed by atoms with van der Waals surface area (Å²) in [5, 5.41) is 23.6. The quantitative estimate of drug-likeness (QED) is 0.278. The summed E-state index contributed by atoms with van der Waals surface area (Å²) in [6.45, 7) is 0. The molecule has 24 heavy (non-hydrogen) atoms. The highest BCUT2D eigenvalue weighted by atomic mass is 16.5. The Morgan fingerprint density at radius 2 is 0.500 bits per heavy atom. The highest BCUT2D eigenvalue weighted by molar-refractivity contribution is 6.24. The van der Waals surface area contributed by atoms with E-state index in [1.54, 1.807) is 0 Å². The lowest BCUT2D eigenvalue weighted by molar-refractivity contribution is 0.170. The van der Waals surface area contributed by atoms with E-state index in [1.807, 2.05) is 0 Å². The number of aromatic nitrogens is 3. The Labute approximate surface area is 125 Å². The van der Waals surface area contributed by atoms with E-state index in [1.165, 1.54) is 0 Å². The lowest BCUT2D eigenvalue weighted by Crippen LogP contribution is -2.23. The molecular formula is C12H3N3O9. The van der Waals surface area contributed by atoms with E-state index in [4.69, 9.17) is 0 Å². The van der Waals surface area contributed by atoms with Crippen LogP contribution in [0.2, 0.25) is 0 Å². The molecule has 3 heterocycles. The third-order valence-corrected chi connectivity index (χ3v) is 3.94. The van der Waals surface area contributed by atoms with E-state index in [0.29, 0.717) is 0 Å². The van der Waals surface area contributed by atoms with E-state index in [2.05, 4.69) is 0 Å². The number of hydrogen-bond acceptors (Lipinski definition) is 9. The van der Waals surface area contributed by atoms with Crippen LogP contribution in [-0.4, -0.2) is 29.8 Å². The highest BCUT2D eigenvalue weighted by Gasteiger charge is 2.30. The van der Waals surface area contributed by atoms with Crippen LogP contribution in [-0.2, 0) is 0 Å². The Balaban J connectivity index is 2.78. The first kappa shape index (κ1) is 13.7. The standard InChI is InChI=1S/C12H3N3O9/c16-7-1-2(8(17)13(7)22)4-6(12(21)15(24)11(4)20)5-3(1)9(18)14(23)10(5)19/h22-24H. The highest BCUT2D eigenvalue weighted by Crippen LogP contribution is 2.24. The molecule has 0 spiro atoms. The van der Waals surface area contributed by atoms with E-state index in [9.17, 15) is 44.4 Å². The van der Waals surface area contributed by atoms with Gasteiger partial charge in [-0.05, 0) is 0 Å². The molecule has 0 unspecified atom stereocenters. The smallest absolute Gasteiger partial charge is 0.295 e. The minimum atomic E-state index is -1.41. The van der Waals surface area contributed by atoms with Gasteiger partial charge in [0.05, 0.1) is 32.3 Å². The van der Waals surface area contributed by atoms with Crippen molar-refractivity contribution in [2.24, 2.45) is 0 Å². The molecule has 1 aromatic carbocycles. The first-order valence-corrected chi connectivity index (χ1v) is 6.17. The first-order valence-electron chi connectivity index (χ1n) is 6.17. The van der Waals surface area contributed by atoms with Crippen molar-refractivity contribution in [3.8, 4) is 0 Å². The van der Waals surface area contributed by atoms with Crippen LogP contribution in [0.3, 0.4) is 0 Å². The molecule has 0 aliphatic heterocycles. The van der Waals surface area contributed by atoms with Gasteiger partial charge in [0.2, 0.25) is 0 Å². The van der Waals surface area contributed by atoms with Crippen molar-refractivity contribution in [2.45, 2.75) is 0 Å². The zero-order valence-corrected chi connectivity index (χ0v) is 11.1. The van der Waals surface area contributed by atoms with Crippen LogP contribution in [0, 0.1) is 0 Å².